The average molecular weight is 357 g/mol. The van der Waals surface area contributed by atoms with E-state index < -0.39 is 0 Å². The van der Waals surface area contributed by atoms with Crippen molar-refractivity contribution in [1.29, 1.82) is 0 Å². The topological polar surface area (TPSA) is 58.1 Å². The number of rotatable bonds is 8. The summed E-state index contributed by atoms with van der Waals surface area (Å²) in [6, 6.07) is 0.417. The molecule has 1 aliphatic rings. The molecule has 1 fully saturated rings. The number of hydrogen-bond acceptors (Lipinski definition) is 6. The molecule has 5 nitrogen and oxygen atoms in total. The standard InChI is InChI=1S/C16H28N4OS2/c1-4-5-11-17-15-18-19-16(23-15)22-12(2)14(21)20(3)13-9-7-6-8-10-13/h12-13H,4-11H2,1-3H3,(H,17,18)/t12-/m0/s1. The molecule has 0 saturated heterocycles. The number of carbonyl (C=O) groups is 1. The van der Waals surface area contributed by atoms with E-state index in [0.717, 1.165) is 41.7 Å². The molecule has 23 heavy (non-hydrogen) atoms. The van der Waals surface area contributed by atoms with Crippen LogP contribution in [0.25, 0.3) is 0 Å². The molecule has 0 spiro atoms. The first-order valence-corrected chi connectivity index (χ1v) is 10.3. The van der Waals surface area contributed by atoms with Crippen LogP contribution in [0.2, 0.25) is 0 Å². The van der Waals surface area contributed by atoms with Crippen molar-refractivity contribution in [3.63, 3.8) is 0 Å². The van der Waals surface area contributed by atoms with Crippen LogP contribution in [-0.4, -0.2) is 45.9 Å². The second kappa shape index (κ2) is 9.47. The molecule has 0 aliphatic heterocycles. The van der Waals surface area contributed by atoms with Crippen LogP contribution in [0.3, 0.4) is 0 Å². The Morgan fingerprint density at radius 2 is 2.13 bits per heavy atom. The van der Waals surface area contributed by atoms with E-state index in [4.69, 9.17) is 0 Å². The van der Waals surface area contributed by atoms with Crippen molar-refractivity contribution in [2.45, 2.75) is 74.4 Å². The predicted octanol–water partition coefficient (Wildman–Crippen LogP) is 4.02. The van der Waals surface area contributed by atoms with Gasteiger partial charge in [0, 0.05) is 19.6 Å². The van der Waals surface area contributed by atoms with Gasteiger partial charge in [-0.25, -0.2) is 0 Å². The Bertz CT molecular complexity index is 488. The number of thioether (sulfide) groups is 1. The lowest BCUT2D eigenvalue weighted by molar-refractivity contribution is -0.131. The van der Waals surface area contributed by atoms with E-state index in [1.165, 1.54) is 42.4 Å². The van der Waals surface area contributed by atoms with Gasteiger partial charge in [0.15, 0.2) is 4.34 Å². The maximum atomic E-state index is 12.6. The molecule has 1 amide bonds. The van der Waals surface area contributed by atoms with E-state index in [1.807, 2.05) is 18.9 Å². The van der Waals surface area contributed by atoms with Crippen LogP contribution in [0.15, 0.2) is 4.34 Å². The predicted molar refractivity (Wildman–Crippen MR) is 98.3 cm³/mol. The lowest BCUT2D eigenvalue weighted by atomic mass is 9.94. The highest BCUT2D eigenvalue weighted by molar-refractivity contribution is 8.02. The third-order valence-electron chi connectivity index (χ3n) is 4.31. The second-order valence-electron chi connectivity index (χ2n) is 6.15. The molecule has 0 unspecified atom stereocenters. The van der Waals surface area contributed by atoms with E-state index in [0.29, 0.717) is 6.04 Å². The van der Waals surface area contributed by atoms with Gasteiger partial charge < -0.3 is 10.2 Å². The summed E-state index contributed by atoms with van der Waals surface area (Å²) < 4.78 is 0.863. The van der Waals surface area contributed by atoms with Crippen molar-refractivity contribution in [3.05, 3.63) is 0 Å². The fourth-order valence-electron chi connectivity index (χ4n) is 2.84. The lowest BCUT2D eigenvalue weighted by Crippen LogP contribution is -2.42. The van der Waals surface area contributed by atoms with Crippen LogP contribution >= 0.6 is 23.1 Å². The molecule has 0 aromatic carbocycles. The third-order valence-corrected chi connectivity index (χ3v) is 6.36. The summed E-state index contributed by atoms with van der Waals surface area (Å²) in [4.78, 5) is 14.6. The molecule has 0 bridgehead atoms. The summed E-state index contributed by atoms with van der Waals surface area (Å²) >= 11 is 3.05. The van der Waals surface area contributed by atoms with Crippen molar-refractivity contribution in [3.8, 4) is 0 Å². The quantitative estimate of drug-likeness (QED) is 0.563. The van der Waals surface area contributed by atoms with Crippen LogP contribution in [-0.2, 0) is 4.79 Å². The van der Waals surface area contributed by atoms with E-state index in [2.05, 4.69) is 22.4 Å². The van der Waals surface area contributed by atoms with Gasteiger partial charge in [0.2, 0.25) is 11.0 Å². The average Bonchev–Trinajstić information content (AvgIpc) is 3.02. The molecule has 2 rings (SSSR count). The van der Waals surface area contributed by atoms with Gasteiger partial charge in [0.1, 0.15) is 0 Å². The second-order valence-corrected chi connectivity index (χ2v) is 8.72. The van der Waals surface area contributed by atoms with Crippen molar-refractivity contribution in [1.82, 2.24) is 15.1 Å². The summed E-state index contributed by atoms with van der Waals surface area (Å²) in [5.41, 5.74) is 0. The zero-order chi connectivity index (χ0) is 16.7. The lowest BCUT2D eigenvalue weighted by Gasteiger charge is -2.32. The summed E-state index contributed by atoms with van der Waals surface area (Å²) in [6.45, 7) is 5.06. The van der Waals surface area contributed by atoms with E-state index in [1.54, 1.807) is 0 Å². The Hall–Kier alpha value is -0.820. The van der Waals surface area contributed by atoms with E-state index in [-0.39, 0.29) is 11.2 Å². The first-order chi connectivity index (χ1) is 11.1. The smallest absolute Gasteiger partial charge is 0.235 e. The van der Waals surface area contributed by atoms with Gasteiger partial charge in [-0.15, -0.1) is 10.2 Å². The molecular formula is C16H28N4OS2. The number of hydrogen-bond donors (Lipinski definition) is 1. The Labute approximate surface area is 147 Å². The Balaban J connectivity index is 1.82. The third kappa shape index (κ3) is 5.64. The SMILES string of the molecule is CCCCNc1nnc(S[C@@H](C)C(=O)N(C)C2CCCCC2)s1. The van der Waals surface area contributed by atoms with Crippen molar-refractivity contribution in [2.24, 2.45) is 0 Å². The van der Waals surface area contributed by atoms with Crippen LogP contribution in [0.5, 0.6) is 0 Å². The number of nitrogens with one attached hydrogen (secondary N) is 1. The number of nitrogens with zero attached hydrogens (tertiary/aromatic N) is 3. The minimum atomic E-state index is -0.113. The first kappa shape index (κ1) is 18.5. The number of aromatic nitrogens is 2. The van der Waals surface area contributed by atoms with E-state index in [9.17, 15) is 4.79 Å². The summed E-state index contributed by atoms with van der Waals surface area (Å²) in [7, 11) is 1.95. The zero-order valence-electron chi connectivity index (χ0n) is 14.4. The fraction of sp³-hybridized carbons (Fsp3) is 0.812. The van der Waals surface area contributed by atoms with Gasteiger partial charge in [-0.2, -0.15) is 0 Å². The molecule has 1 aliphatic carbocycles. The Morgan fingerprint density at radius 3 is 2.83 bits per heavy atom. The molecule has 1 saturated carbocycles. The van der Waals surface area contributed by atoms with Gasteiger partial charge in [0.05, 0.1) is 5.25 Å². The summed E-state index contributed by atoms with van der Waals surface area (Å²) in [6.07, 6.45) is 8.37. The summed E-state index contributed by atoms with van der Waals surface area (Å²) in [5, 5.41) is 12.3. The highest BCUT2D eigenvalue weighted by Crippen LogP contribution is 2.31. The molecule has 1 atom stereocenters. The first-order valence-electron chi connectivity index (χ1n) is 8.62. The van der Waals surface area contributed by atoms with Gasteiger partial charge in [-0.3, -0.25) is 4.79 Å². The molecular weight excluding hydrogens is 328 g/mol. The minimum Gasteiger partial charge on any atom is -0.360 e. The molecule has 1 heterocycles. The van der Waals surface area contributed by atoms with Gasteiger partial charge in [-0.05, 0) is 26.2 Å². The number of amides is 1. The molecule has 130 valence electrons. The Morgan fingerprint density at radius 1 is 1.39 bits per heavy atom. The monoisotopic (exact) mass is 356 g/mol. The normalized spacial score (nSPS) is 17.0. The van der Waals surface area contributed by atoms with Crippen LogP contribution < -0.4 is 5.32 Å². The molecule has 1 aromatic heterocycles. The van der Waals surface area contributed by atoms with Gasteiger partial charge >= 0.3 is 0 Å². The molecule has 1 N–H and O–H groups in total. The van der Waals surface area contributed by atoms with Crippen LogP contribution in [0.1, 0.15) is 58.8 Å². The maximum absolute atomic E-state index is 12.6. The Kier molecular flexibility index (Phi) is 7.62. The highest BCUT2D eigenvalue weighted by Gasteiger charge is 2.26. The van der Waals surface area contributed by atoms with Crippen molar-refractivity contribution in [2.75, 3.05) is 18.9 Å². The number of anilines is 1. The van der Waals surface area contributed by atoms with Crippen molar-refractivity contribution < 1.29 is 4.79 Å². The maximum Gasteiger partial charge on any atom is 0.235 e. The van der Waals surface area contributed by atoms with Crippen LogP contribution in [0.4, 0.5) is 5.13 Å². The zero-order valence-corrected chi connectivity index (χ0v) is 16.0. The highest BCUT2D eigenvalue weighted by atomic mass is 32.2. The minimum absolute atomic E-state index is 0.113. The molecule has 7 heteroatoms. The van der Waals surface area contributed by atoms with E-state index >= 15 is 0 Å². The van der Waals surface area contributed by atoms with Gasteiger partial charge in [0.25, 0.3) is 0 Å². The molecule has 1 aromatic rings. The number of carbonyl (C=O) groups excluding carboxylic acids is 1. The molecule has 0 radical (unpaired) electrons. The summed E-state index contributed by atoms with van der Waals surface area (Å²) in [5.74, 6) is 0.206. The van der Waals surface area contributed by atoms with Crippen LogP contribution in [0, 0.1) is 0 Å². The van der Waals surface area contributed by atoms with Crippen molar-refractivity contribution >= 4 is 34.1 Å². The van der Waals surface area contributed by atoms with Gasteiger partial charge in [-0.1, -0.05) is 55.7 Å². The largest absolute Gasteiger partial charge is 0.360 e. The fourth-order valence-corrected chi connectivity index (χ4v) is 4.86. The number of unbranched alkanes of at least 4 members (excludes halogenated alkanes) is 1.